The van der Waals surface area contributed by atoms with Gasteiger partial charge in [-0.25, -0.2) is 21.6 Å². The van der Waals surface area contributed by atoms with Crippen LogP contribution in [0.15, 0.2) is 36.4 Å². The van der Waals surface area contributed by atoms with Crippen molar-refractivity contribution in [2.24, 2.45) is 5.73 Å². The molecule has 6 nitrogen and oxygen atoms in total. The molecule has 0 saturated heterocycles. The minimum Gasteiger partial charge on any atom is -0.366 e. The highest BCUT2D eigenvalue weighted by Crippen LogP contribution is 2.43. The lowest BCUT2D eigenvalue weighted by Crippen LogP contribution is -2.33. The summed E-state index contributed by atoms with van der Waals surface area (Å²) in [6.07, 6.45) is 0.453. The molecule has 0 bridgehead atoms. The van der Waals surface area contributed by atoms with Crippen LogP contribution in [-0.4, -0.2) is 23.6 Å². The number of anilines is 1. The Labute approximate surface area is 202 Å². The van der Waals surface area contributed by atoms with E-state index in [0.29, 0.717) is 16.9 Å². The fourth-order valence-corrected chi connectivity index (χ4v) is 5.36. The van der Waals surface area contributed by atoms with Gasteiger partial charge in [0.15, 0.2) is 0 Å². The van der Waals surface area contributed by atoms with E-state index in [2.05, 4.69) is 4.72 Å². The summed E-state index contributed by atoms with van der Waals surface area (Å²) < 4.78 is 70.5. The third-order valence-electron chi connectivity index (χ3n) is 6.48. The number of halogens is 3. The SMILES string of the molecule is CC(C)(C)S(=O)(=O)Nc1ccc(-c2c(C(N)=O)c3c(F)cc(C(F)F)cc3n2C2CCCC2)cc1. The van der Waals surface area contributed by atoms with Crippen LogP contribution >= 0.6 is 0 Å². The van der Waals surface area contributed by atoms with Gasteiger partial charge in [-0.15, -0.1) is 0 Å². The molecule has 188 valence electrons. The second-order valence-electron chi connectivity index (χ2n) is 9.89. The standard InChI is InChI=1S/C25H28F3N3O3S/c1-25(2,3)35(33,34)30-16-10-8-14(9-11-16)22-21(24(29)32)20-18(26)12-15(23(27)28)13-19(20)31(22)17-6-4-5-7-17/h8-13,17,23,30H,4-7H2,1-3H3,(H2,29,32). The Kier molecular flexibility index (Phi) is 6.37. The predicted octanol–water partition coefficient (Wildman–Crippen LogP) is 6.14. The first-order valence-corrected chi connectivity index (χ1v) is 12.9. The molecule has 0 aliphatic heterocycles. The highest BCUT2D eigenvalue weighted by Gasteiger charge is 2.31. The third kappa shape index (κ3) is 4.51. The van der Waals surface area contributed by atoms with Crippen molar-refractivity contribution in [3.05, 3.63) is 53.3 Å². The largest absolute Gasteiger partial charge is 0.366 e. The van der Waals surface area contributed by atoms with Crippen LogP contribution in [0.1, 0.15) is 74.8 Å². The number of sulfonamides is 1. The highest BCUT2D eigenvalue weighted by molar-refractivity contribution is 7.94. The summed E-state index contributed by atoms with van der Waals surface area (Å²) in [5.74, 6) is -1.80. The number of aromatic nitrogens is 1. The molecular formula is C25H28F3N3O3S. The number of fused-ring (bicyclic) bond motifs is 1. The molecule has 4 rings (SSSR count). The average Bonchev–Trinajstić information content (AvgIpc) is 3.39. The normalized spacial score (nSPS) is 15.3. The van der Waals surface area contributed by atoms with Crippen LogP contribution in [0.3, 0.4) is 0 Å². The molecule has 3 N–H and O–H groups in total. The Hall–Kier alpha value is -3.01. The average molecular weight is 508 g/mol. The predicted molar refractivity (Wildman–Crippen MR) is 131 cm³/mol. The van der Waals surface area contributed by atoms with E-state index in [1.807, 2.05) is 0 Å². The van der Waals surface area contributed by atoms with E-state index in [9.17, 15) is 22.0 Å². The van der Waals surface area contributed by atoms with E-state index in [1.165, 1.54) is 6.07 Å². The van der Waals surface area contributed by atoms with Crippen molar-refractivity contribution < 1.29 is 26.4 Å². The molecule has 1 aromatic heterocycles. The van der Waals surface area contributed by atoms with Gasteiger partial charge in [0, 0.05) is 22.7 Å². The molecule has 2 aromatic carbocycles. The van der Waals surface area contributed by atoms with E-state index in [4.69, 9.17) is 5.73 Å². The molecule has 1 amide bonds. The van der Waals surface area contributed by atoms with Crippen molar-refractivity contribution in [2.45, 2.75) is 63.7 Å². The van der Waals surface area contributed by atoms with Gasteiger partial charge in [-0.1, -0.05) is 25.0 Å². The molecule has 10 heteroatoms. The van der Waals surface area contributed by atoms with Crippen LogP contribution in [0.25, 0.3) is 22.2 Å². The Bertz CT molecular complexity index is 1390. The second-order valence-corrected chi connectivity index (χ2v) is 12.3. The first-order valence-electron chi connectivity index (χ1n) is 11.4. The molecule has 1 fully saturated rings. The zero-order valence-corrected chi connectivity index (χ0v) is 20.6. The van der Waals surface area contributed by atoms with E-state index in [1.54, 1.807) is 49.6 Å². The summed E-state index contributed by atoms with van der Waals surface area (Å²) >= 11 is 0. The Morgan fingerprint density at radius 1 is 1.11 bits per heavy atom. The Balaban J connectivity index is 1.94. The Morgan fingerprint density at radius 3 is 2.23 bits per heavy atom. The number of nitrogens with zero attached hydrogens (tertiary/aromatic N) is 1. The fraction of sp³-hybridized carbons (Fsp3) is 0.400. The van der Waals surface area contributed by atoms with Gasteiger partial charge in [0.2, 0.25) is 10.0 Å². The number of hydrogen-bond acceptors (Lipinski definition) is 3. The topological polar surface area (TPSA) is 94.2 Å². The molecule has 0 atom stereocenters. The van der Waals surface area contributed by atoms with Crippen LogP contribution in [0.5, 0.6) is 0 Å². The van der Waals surface area contributed by atoms with Gasteiger partial charge in [-0.3, -0.25) is 9.52 Å². The van der Waals surface area contributed by atoms with Gasteiger partial charge in [-0.05, 0) is 63.4 Å². The highest BCUT2D eigenvalue weighted by atomic mass is 32.2. The number of carbonyl (C=O) groups is 1. The molecule has 0 unspecified atom stereocenters. The van der Waals surface area contributed by atoms with Crippen LogP contribution in [0, 0.1) is 5.82 Å². The lowest BCUT2D eigenvalue weighted by molar-refractivity contribution is 0.100. The van der Waals surface area contributed by atoms with E-state index in [0.717, 1.165) is 31.7 Å². The fourth-order valence-electron chi connectivity index (χ4n) is 4.60. The number of carbonyl (C=O) groups excluding carboxylic acids is 1. The van der Waals surface area contributed by atoms with Gasteiger partial charge in [0.05, 0.1) is 21.5 Å². The third-order valence-corrected chi connectivity index (χ3v) is 8.60. The second kappa shape index (κ2) is 8.89. The van der Waals surface area contributed by atoms with Gasteiger partial charge in [0.1, 0.15) is 5.82 Å². The maximum absolute atomic E-state index is 15.2. The molecule has 1 aliphatic rings. The summed E-state index contributed by atoms with van der Waals surface area (Å²) in [7, 11) is -3.66. The molecule has 1 aliphatic carbocycles. The maximum Gasteiger partial charge on any atom is 0.264 e. The number of nitrogens with two attached hydrogens (primary N) is 1. The summed E-state index contributed by atoms with van der Waals surface area (Å²) in [4.78, 5) is 12.6. The number of nitrogens with one attached hydrogen (secondary N) is 1. The van der Waals surface area contributed by atoms with Gasteiger partial charge in [-0.2, -0.15) is 0 Å². The van der Waals surface area contributed by atoms with Crippen LogP contribution in [-0.2, 0) is 10.0 Å². The molecule has 3 aromatic rings. The summed E-state index contributed by atoms with van der Waals surface area (Å²) in [5.41, 5.74) is 6.51. The maximum atomic E-state index is 15.2. The van der Waals surface area contributed by atoms with E-state index < -0.39 is 38.5 Å². The zero-order chi connectivity index (χ0) is 25.7. The van der Waals surface area contributed by atoms with Crippen LogP contribution in [0.2, 0.25) is 0 Å². The van der Waals surface area contributed by atoms with Crippen molar-refractivity contribution >= 4 is 32.5 Å². The lowest BCUT2D eigenvalue weighted by Gasteiger charge is -2.21. The molecular weight excluding hydrogens is 479 g/mol. The Morgan fingerprint density at radius 2 is 1.71 bits per heavy atom. The van der Waals surface area contributed by atoms with Crippen molar-refractivity contribution in [1.29, 1.82) is 0 Å². The zero-order valence-electron chi connectivity index (χ0n) is 19.7. The van der Waals surface area contributed by atoms with Crippen LogP contribution in [0.4, 0.5) is 18.9 Å². The first kappa shape index (κ1) is 25.1. The van der Waals surface area contributed by atoms with E-state index in [-0.39, 0.29) is 22.5 Å². The molecule has 0 spiro atoms. The number of rotatable bonds is 6. The molecule has 1 saturated carbocycles. The number of benzene rings is 2. The van der Waals surface area contributed by atoms with Gasteiger partial charge < -0.3 is 10.3 Å². The monoisotopic (exact) mass is 507 g/mol. The number of hydrogen-bond donors (Lipinski definition) is 2. The van der Waals surface area contributed by atoms with Crippen LogP contribution < -0.4 is 10.5 Å². The summed E-state index contributed by atoms with van der Waals surface area (Å²) in [6, 6.07) is 8.15. The molecule has 0 radical (unpaired) electrons. The number of primary amides is 1. The van der Waals surface area contributed by atoms with Crippen molar-refractivity contribution in [3.8, 4) is 11.3 Å². The minimum atomic E-state index is -3.66. The summed E-state index contributed by atoms with van der Waals surface area (Å²) in [5, 5.41) is -0.0821. The van der Waals surface area contributed by atoms with Crippen molar-refractivity contribution in [1.82, 2.24) is 4.57 Å². The smallest absolute Gasteiger partial charge is 0.264 e. The summed E-state index contributed by atoms with van der Waals surface area (Å²) in [6.45, 7) is 4.72. The lowest BCUT2D eigenvalue weighted by atomic mass is 10.0. The van der Waals surface area contributed by atoms with Crippen molar-refractivity contribution in [3.63, 3.8) is 0 Å². The minimum absolute atomic E-state index is 0.0757. The van der Waals surface area contributed by atoms with Gasteiger partial charge >= 0.3 is 0 Å². The molecule has 35 heavy (non-hydrogen) atoms. The molecule has 1 heterocycles. The van der Waals surface area contributed by atoms with E-state index >= 15 is 4.39 Å². The first-order chi connectivity index (χ1) is 16.3. The van der Waals surface area contributed by atoms with Gasteiger partial charge in [0.25, 0.3) is 12.3 Å². The number of amides is 1. The van der Waals surface area contributed by atoms with Crippen molar-refractivity contribution in [2.75, 3.05) is 4.72 Å². The number of alkyl halides is 2. The quantitative estimate of drug-likeness (QED) is 0.420.